The first-order valence-electron chi connectivity index (χ1n) is 7.79. The van der Waals surface area contributed by atoms with Gasteiger partial charge in [-0.05, 0) is 26.8 Å². The summed E-state index contributed by atoms with van der Waals surface area (Å²) in [6.45, 7) is 6.90. The van der Waals surface area contributed by atoms with Crippen LogP contribution >= 0.6 is 0 Å². The minimum Gasteiger partial charge on any atom is -0.395 e. The van der Waals surface area contributed by atoms with Crippen LogP contribution in [0.15, 0.2) is 24.3 Å². The topological polar surface area (TPSA) is 86.2 Å². The van der Waals surface area contributed by atoms with Gasteiger partial charge in [-0.25, -0.2) is 9.97 Å². The van der Waals surface area contributed by atoms with E-state index in [0.717, 1.165) is 22.2 Å². The number of nitrogens with two attached hydrogens (primary N) is 1. The Hall–Kier alpha value is -2.18. The number of anilines is 1. The van der Waals surface area contributed by atoms with E-state index in [9.17, 15) is 5.11 Å². The summed E-state index contributed by atoms with van der Waals surface area (Å²) < 4.78 is 7.85. The number of hydrogen-bond acceptors (Lipinski definition) is 5. The standard InChI is InChI=1S/C17H22N4O2/c1-4-23-17(2,3)16-20-13-14(21(16)9-10-22)11-7-5-6-8-12(11)19-15(13)18/h5-8,22H,4,9-10H2,1-3H3,(H2,18,19). The molecule has 3 aromatic rings. The Bertz CT molecular complexity index is 855. The van der Waals surface area contributed by atoms with Gasteiger partial charge >= 0.3 is 0 Å². The van der Waals surface area contributed by atoms with Crippen molar-refractivity contribution in [3.8, 4) is 0 Å². The van der Waals surface area contributed by atoms with Crippen molar-refractivity contribution >= 4 is 27.8 Å². The second kappa shape index (κ2) is 5.79. The number of aliphatic hydroxyl groups excluding tert-OH is 1. The van der Waals surface area contributed by atoms with Crippen LogP contribution in [0, 0.1) is 0 Å². The molecule has 0 aliphatic rings. The number of fused-ring (bicyclic) bond motifs is 3. The maximum atomic E-state index is 9.52. The van der Waals surface area contributed by atoms with Crippen molar-refractivity contribution in [2.24, 2.45) is 0 Å². The van der Waals surface area contributed by atoms with E-state index in [0.29, 0.717) is 24.5 Å². The highest BCUT2D eigenvalue weighted by Gasteiger charge is 2.29. The van der Waals surface area contributed by atoms with Crippen LogP contribution < -0.4 is 5.73 Å². The highest BCUT2D eigenvalue weighted by Crippen LogP contribution is 2.33. The number of benzene rings is 1. The molecule has 0 radical (unpaired) electrons. The number of ether oxygens (including phenoxy) is 1. The number of aliphatic hydroxyl groups is 1. The van der Waals surface area contributed by atoms with Crippen LogP contribution in [0.2, 0.25) is 0 Å². The highest BCUT2D eigenvalue weighted by atomic mass is 16.5. The summed E-state index contributed by atoms with van der Waals surface area (Å²) in [5.74, 6) is 1.14. The molecule has 2 heterocycles. The van der Waals surface area contributed by atoms with Gasteiger partial charge in [-0.15, -0.1) is 0 Å². The third kappa shape index (κ3) is 2.54. The fourth-order valence-corrected chi connectivity index (χ4v) is 3.06. The zero-order valence-electron chi connectivity index (χ0n) is 13.7. The van der Waals surface area contributed by atoms with Crippen molar-refractivity contribution in [1.29, 1.82) is 0 Å². The molecule has 3 N–H and O–H groups in total. The van der Waals surface area contributed by atoms with Crippen molar-refractivity contribution in [2.45, 2.75) is 32.9 Å². The van der Waals surface area contributed by atoms with Crippen LogP contribution in [0.25, 0.3) is 21.9 Å². The van der Waals surface area contributed by atoms with Gasteiger partial charge in [0.15, 0.2) is 5.82 Å². The molecule has 23 heavy (non-hydrogen) atoms. The normalized spacial score (nSPS) is 12.3. The SMILES string of the molecule is CCOC(C)(C)c1nc2c(N)nc3ccccc3c2n1CCO. The number of rotatable bonds is 5. The average molecular weight is 314 g/mol. The molecule has 2 aromatic heterocycles. The smallest absolute Gasteiger partial charge is 0.152 e. The summed E-state index contributed by atoms with van der Waals surface area (Å²) >= 11 is 0. The number of pyridine rings is 1. The van der Waals surface area contributed by atoms with Crippen LogP contribution in [0.5, 0.6) is 0 Å². The molecule has 6 heteroatoms. The minimum absolute atomic E-state index is 0.0111. The molecular formula is C17H22N4O2. The first-order valence-corrected chi connectivity index (χ1v) is 7.79. The number of nitrogen functional groups attached to an aromatic ring is 1. The Labute approximate surface area is 134 Å². The minimum atomic E-state index is -0.587. The number of para-hydroxylation sites is 1. The predicted molar refractivity (Wildman–Crippen MR) is 91.2 cm³/mol. The van der Waals surface area contributed by atoms with Crippen LogP contribution in [0.1, 0.15) is 26.6 Å². The van der Waals surface area contributed by atoms with Gasteiger partial charge < -0.3 is 20.1 Å². The summed E-state index contributed by atoms with van der Waals surface area (Å²) in [5, 5.41) is 10.5. The van der Waals surface area contributed by atoms with Crippen LogP contribution in [-0.4, -0.2) is 32.9 Å². The number of aromatic nitrogens is 3. The quantitative estimate of drug-likeness (QED) is 0.755. The number of hydrogen-bond donors (Lipinski definition) is 2. The van der Waals surface area contributed by atoms with Crippen molar-refractivity contribution < 1.29 is 9.84 Å². The Morgan fingerprint density at radius 3 is 2.70 bits per heavy atom. The van der Waals surface area contributed by atoms with Gasteiger partial charge in [0.1, 0.15) is 16.9 Å². The molecule has 122 valence electrons. The van der Waals surface area contributed by atoms with Gasteiger partial charge in [-0.3, -0.25) is 0 Å². The second-order valence-electron chi connectivity index (χ2n) is 5.97. The Balaban J connectivity index is 2.41. The Morgan fingerprint density at radius 2 is 2.00 bits per heavy atom. The lowest BCUT2D eigenvalue weighted by Gasteiger charge is -2.25. The van der Waals surface area contributed by atoms with Crippen LogP contribution in [0.4, 0.5) is 5.82 Å². The van der Waals surface area contributed by atoms with E-state index in [-0.39, 0.29) is 6.61 Å². The monoisotopic (exact) mass is 314 g/mol. The first kappa shape index (κ1) is 15.7. The number of nitrogens with zero attached hydrogens (tertiary/aromatic N) is 3. The number of imidazole rings is 1. The molecule has 0 unspecified atom stereocenters. The molecule has 0 aliphatic heterocycles. The van der Waals surface area contributed by atoms with Crippen molar-refractivity contribution in [2.75, 3.05) is 18.9 Å². The first-order chi connectivity index (χ1) is 11.0. The summed E-state index contributed by atoms with van der Waals surface area (Å²) in [5.41, 5.74) is 7.90. The maximum absolute atomic E-state index is 9.52. The van der Waals surface area contributed by atoms with E-state index in [2.05, 4.69) is 4.98 Å². The van der Waals surface area contributed by atoms with Crippen LogP contribution in [0.3, 0.4) is 0 Å². The summed E-state index contributed by atoms with van der Waals surface area (Å²) in [4.78, 5) is 9.16. The zero-order valence-corrected chi connectivity index (χ0v) is 13.7. The molecule has 0 aliphatic carbocycles. The van der Waals surface area contributed by atoms with Crippen LogP contribution in [-0.2, 0) is 16.9 Å². The lowest BCUT2D eigenvalue weighted by atomic mass is 10.1. The van der Waals surface area contributed by atoms with Gasteiger partial charge in [0, 0.05) is 18.5 Å². The fourth-order valence-electron chi connectivity index (χ4n) is 3.06. The van der Waals surface area contributed by atoms with E-state index in [1.165, 1.54) is 0 Å². The highest BCUT2D eigenvalue weighted by molar-refractivity contribution is 6.06. The summed E-state index contributed by atoms with van der Waals surface area (Å²) in [7, 11) is 0. The fraction of sp³-hybridized carbons (Fsp3) is 0.412. The van der Waals surface area contributed by atoms with Crippen molar-refractivity contribution in [1.82, 2.24) is 14.5 Å². The van der Waals surface area contributed by atoms with Crippen molar-refractivity contribution in [3.05, 3.63) is 30.1 Å². The summed E-state index contributed by atoms with van der Waals surface area (Å²) in [6, 6.07) is 7.81. The molecule has 0 fully saturated rings. The molecule has 0 spiro atoms. The van der Waals surface area contributed by atoms with Gasteiger partial charge in [-0.1, -0.05) is 18.2 Å². The molecule has 0 amide bonds. The van der Waals surface area contributed by atoms with E-state index in [4.69, 9.17) is 15.5 Å². The van der Waals surface area contributed by atoms with Crippen molar-refractivity contribution in [3.63, 3.8) is 0 Å². The molecule has 0 atom stereocenters. The molecule has 3 rings (SSSR count). The molecular weight excluding hydrogens is 292 g/mol. The van der Waals surface area contributed by atoms with E-state index < -0.39 is 5.60 Å². The molecule has 1 aromatic carbocycles. The third-order valence-corrected chi connectivity index (χ3v) is 3.98. The van der Waals surface area contributed by atoms with E-state index in [1.54, 1.807) is 0 Å². The Morgan fingerprint density at radius 1 is 1.26 bits per heavy atom. The third-order valence-electron chi connectivity index (χ3n) is 3.98. The molecule has 6 nitrogen and oxygen atoms in total. The zero-order chi connectivity index (χ0) is 16.6. The van der Waals surface area contributed by atoms with Gasteiger partial charge in [-0.2, -0.15) is 0 Å². The van der Waals surface area contributed by atoms with E-state index >= 15 is 0 Å². The summed E-state index contributed by atoms with van der Waals surface area (Å²) in [6.07, 6.45) is 0. The lowest BCUT2D eigenvalue weighted by Crippen LogP contribution is -2.27. The predicted octanol–water partition coefficient (Wildman–Crippen LogP) is 2.43. The second-order valence-corrected chi connectivity index (χ2v) is 5.97. The van der Waals surface area contributed by atoms with Gasteiger partial charge in [0.2, 0.25) is 0 Å². The van der Waals surface area contributed by atoms with E-state index in [1.807, 2.05) is 49.6 Å². The maximum Gasteiger partial charge on any atom is 0.152 e. The van der Waals surface area contributed by atoms with Gasteiger partial charge in [0.25, 0.3) is 0 Å². The molecule has 0 bridgehead atoms. The largest absolute Gasteiger partial charge is 0.395 e. The lowest BCUT2D eigenvalue weighted by molar-refractivity contribution is -0.0232. The van der Waals surface area contributed by atoms with Gasteiger partial charge in [0.05, 0.1) is 17.6 Å². The molecule has 0 saturated heterocycles. The molecule has 0 saturated carbocycles. The Kier molecular flexibility index (Phi) is 3.95. The average Bonchev–Trinajstić information content (AvgIpc) is 2.89.